The molecule has 3 N–H and O–H groups in total. The van der Waals surface area contributed by atoms with Crippen LogP contribution in [0.1, 0.15) is 12.0 Å². The van der Waals surface area contributed by atoms with Crippen LogP contribution in [-0.2, 0) is 4.79 Å². The van der Waals surface area contributed by atoms with Crippen molar-refractivity contribution in [3.05, 3.63) is 29.8 Å². The first kappa shape index (κ1) is 13.6. The maximum atomic E-state index is 11.5. The number of benzene rings is 1. The van der Waals surface area contributed by atoms with Crippen molar-refractivity contribution in [2.24, 2.45) is 5.73 Å². The number of anilines is 1. The summed E-state index contributed by atoms with van der Waals surface area (Å²) in [5, 5.41) is 2.84. The molecule has 0 aliphatic heterocycles. The minimum Gasteiger partial charge on any atom is -0.326 e. The van der Waals surface area contributed by atoms with Gasteiger partial charge in [-0.2, -0.15) is 11.8 Å². The smallest absolute Gasteiger partial charge is 0.225 e. The molecule has 1 amide bonds. The molecule has 0 spiro atoms. The lowest BCUT2D eigenvalue weighted by atomic mass is 10.2. The molecule has 90 valence electrons. The van der Waals surface area contributed by atoms with Gasteiger partial charge in [0, 0.05) is 23.4 Å². The van der Waals surface area contributed by atoms with Crippen molar-refractivity contribution >= 4 is 23.4 Å². The summed E-state index contributed by atoms with van der Waals surface area (Å²) < 4.78 is 0. The number of nitrogens with one attached hydrogen (secondary N) is 1. The van der Waals surface area contributed by atoms with E-state index in [1.165, 1.54) is 0 Å². The van der Waals surface area contributed by atoms with E-state index in [4.69, 9.17) is 5.73 Å². The number of rotatable bonds is 4. The van der Waals surface area contributed by atoms with Crippen molar-refractivity contribution in [1.82, 2.24) is 0 Å². The van der Waals surface area contributed by atoms with Crippen molar-refractivity contribution in [3.8, 4) is 11.8 Å². The molecule has 0 atom stereocenters. The molecule has 0 aliphatic carbocycles. The zero-order valence-electron chi connectivity index (χ0n) is 9.82. The zero-order chi connectivity index (χ0) is 12.5. The van der Waals surface area contributed by atoms with Gasteiger partial charge in [0.25, 0.3) is 0 Å². The predicted molar refractivity (Wildman–Crippen MR) is 74.0 cm³/mol. The summed E-state index contributed by atoms with van der Waals surface area (Å²) in [6.07, 6.45) is 2.51. The van der Waals surface area contributed by atoms with Gasteiger partial charge < -0.3 is 11.1 Å². The largest absolute Gasteiger partial charge is 0.326 e. The average molecular weight is 248 g/mol. The van der Waals surface area contributed by atoms with Crippen LogP contribution in [0.15, 0.2) is 24.3 Å². The summed E-state index contributed by atoms with van der Waals surface area (Å²) in [4.78, 5) is 11.5. The number of carbonyl (C=O) groups excluding carboxylic acids is 1. The lowest BCUT2D eigenvalue weighted by molar-refractivity contribution is -0.115. The first-order valence-electron chi connectivity index (χ1n) is 5.34. The third kappa shape index (κ3) is 5.43. The van der Waals surface area contributed by atoms with Gasteiger partial charge >= 0.3 is 0 Å². The van der Waals surface area contributed by atoms with E-state index in [0.717, 1.165) is 17.0 Å². The van der Waals surface area contributed by atoms with Crippen LogP contribution in [-0.4, -0.2) is 24.5 Å². The highest BCUT2D eigenvalue weighted by Crippen LogP contribution is 2.10. The minimum absolute atomic E-state index is 0.0308. The number of thioether (sulfide) groups is 1. The van der Waals surface area contributed by atoms with Crippen molar-refractivity contribution in [1.29, 1.82) is 0 Å². The van der Waals surface area contributed by atoms with Gasteiger partial charge in [0.2, 0.25) is 5.91 Å². The standard InChI is InChI=1S/C13H16N2OS/c1-17-9-7-13(16)15-12-6-2-4-11(10-12)5-3-8-14/h2,4,6,10H,7-9,14H2,1H3,(H,15,16). The molecule has 0 heterocycles. The van der Waals surface area contributed by atoms with E-state index in [0.29, 0.717) is 13.0 Å². The maximum absolute atomic E-state index is 11.5. The molecule has 0 aromatic heterocycles. The van der Waals surface area contributed by atoms with Crippen molar-refractivity contribution in [2.45, 2.75) is 6.42 Å². The Kier molecular flexibility index (Phi) is 6.23. The predicted octanol–water partition coefficient (Wildman–Crippen LogP) is 1.69. The Morgan fingerprint density at radius 1 is 1.53 bits per heavy atom. The van der Waals surface area contributed by atoms with E-state index in [-0.39, 0.29) is 5.91 Å². The highest BCUT2D eigenvalue weighted by Gasteiger charge is 2.01. The number of hydrogen-bond acceptors (Lipinski definition) is 3. The van der Waals surface area contributed by atoms with Crippen LogP contribution in [0, 0.1) is 11.8 Å². The topological polar surface area (TPSA) is 55.1 Å². The van der Waals surface area contributed by atoms with Crippen LogP contribution in [0.3, 0.4) is 0 Å². The molecule has 1 aromatic rings. The number of carbonyl (C=O) groups is 1. The van der Waals surface area contributed by atoms with Gasteiger partial charge in [0.15, 0.2) is 0 Å². The molecule has 0 bridgehead atoms. The summed E-state index contributed by atoms with van der Waals surface area (Å²) in [7, 11) is 0. The second-order valence-corrected chi connectivity index (χ2v) is 4.36. The Labute approximate surface area is 106 Å². The number of amides is 1. The van der Waals surface area contributed by atoms with Crippen LogP contribution in [0.25, 0.3) is 0 Å². The number of hydrogen-bond donors (Lipinski definition) is 2. The van der Waals surface area contributed by atoms with Gasteiger partial charge in [0.1, 0.15) is 0 Å². The van der Waals surface area contributed by atoms with Crippen LogP contribution in [0.5, 0.6) is 0 Å². The Balaban J connectivity index is 2.62. The Morgan fingerprint density at radius 2 is 2.35 bits per heavy atom. The summed E-state index contributed by atoms with van der Waals surface area (Å²) in [6.45, 7) is 0.338. The Bertz CT molecular complexity index is 435. The molecular formula is C13H16N2OS. The van der Waals surface area contributed by atoms with Crippen molar-refractivity contribution < 1.29 is 4.79 Å². The summed E-state index contributed by atoms with van der Waals surface area (Å²) >= 11 is 1.66. The van der Waals surface area contributed by atoms with Gasteiger partial charge in [0.05, 0.1) is 6.54 Å². The van der Waals surface area contributed by atoms with Gasteiger partial charge in [-0.15, -0.1) is 0 Å². The van der Waals surface area contributed by atoms with Gasteiger partial charge in [-0.05, 0) is 24.5 Å². The average Bonchev–Trinajstić information content (AvgIpc) is 2.34. The molecule has 0 saturated heterocycles. The first-order chi connectivity index (χ1) is 8.26. The molecule has 1 rings (SSSR count). The minimum atomic E-state index is 0.0308. The molecule has 4 heteroatoms. The van der Waals surface area contributed by atoms with E-state index in [1.54, 1.807) is 11.8 Å². The van der Waals surface area contributed by atoms with E-state index in [9.17, 15) is 4.79 Å². The van der Waals surface area contributed by atoms with Gasteiger partial charge in [-0.3, -0.25) is 4.79 Å². The Morgan fingerprint density at radius 3 is 3.06 bits per heavy atom. The second kappa shape index (κ2) is 7.77. The molecule has 0 radical (unpaired) electrons. The summed E-state index contributed by atoms with van der Waals surface area (Å²) in [6, 6.07) is 7.45. The fourth-order valence-corrected chi connectivity index (χ4v) is 1.64. The van der Waals surface area contributed by atoms with Crippen LogP contribution >= 0.6 is 11.8 Å². The molecule has 17 heavy (non-hydrogen) atoms. The second-order valence-electron chi connectivity index (χ2n) is 3.38. The molecule has 0 fully saturated rings. The molecule has 0 saturated carbocycles. The number of nitrogens with two attached hydrogens (primary N) is 1. The summed E-state index contributed by atoms with van der Waals surface area (Å²) in [5.41, 5.74) is 6.94. The van der Waals surface area contributed by atoms with Crippen molar-refractivity contribution in [2.75, 3.05) is 23.9 Å². The van der Waals surface area contributed by atoms with Crippen molar-refractivity contribution in [3.63, 3.8) is 0 Å². The molecule has 0 aliphatic rings. The van der Waals surface area contributed by atoms with E-state index >= 15 is 0 Å². The quantitative estimate of drug-likeness (QED) is 0.797. The van der Waals surface area contributed by atoms with Crippen LogP contribution < -0.4 is 11.1 Å². The SMILES string of the molecule is CSCCC(=O)Nc1cccc(C#CCN)c1. The van der Waals surface area contributed by atoms with Crippen LogP contribution in [0.2, 0.25) is 0 Å². The molecular weight excluding hydrogens is 232 g/mol. The maximum Gasteiger partial charge on any atom is 0.225 e. The fourth-order valence-electron chi connectivity index (χ4n) is 1.25. The van der Waals surface area contributed by atoms with E-state index in [2.05, 4.69) is 17.2 Å². The van der Waals surface area contributed by atoms with Gasteiger partial charge in [-0.25, -0.2) is 0 Å². The third-order valence-corrected chi connectivity index (χ3v) is 2.63. The molecule has 3 nitrogen and oxygen atoms in total. The zero-order valence-corrected chi connectivity index (χ0v) is 10.6. The monoisotopic (exact) mass is 248 g/mol. The lowest BCUT2D eigenvalue weighted by Gasteiger charge is -2.04. The molecule has 0 unspecified atom stereocenters. The lowest BCUT2D eigenvalue weighted by Crippen LogP contribution is -2.12. The normalized spacial score (nSPS) is 9.29. The van der Waals surface area contributed by atoms with E-state index < -0.39 is 0 Å². The van der Waals surface area contributed by atoms with Crippen LogP contribution in [0.4, 0.5) is 5.69 Å². The van der Waals surface area contributed by atoms with Gasteiger partial charge in [-0.1, -0.05) is 17.9 Å². The molecule has 1 aromatic carbocycles. The fraction of sp³-hybridized carbons (Fsp3) is 0.308. The summed E-state index contributed by atoms with van der Waals surface area (Å²) in [5.74, 6) is 6.57. The Hall–Kier alpha value is -1.44. The van der Waals surface area contributed by atoms with E-state index in [1.807, 2.05) is 30.5 Å². The highest BCUT2D eigenvalue weighted by molar-refractivity contribution is 7.98. The highest BCUT2D eigenvalue weighted by atomic mass is 32.2. The first-order valence-corrected chi connectivity index (χ1v) is 6.73. The third-order valence-electron chi connectivity index (χ3n) is 2.01.